The summed E-state index contributed by atoms with van der Waals surface area (Å²) in [6, 6.07) is 5.01. The van der Waals surface area contributed by atoms with Crippen molar-refractivity contribution in [3.05, 3.63) is 23.8 Å². The van der Waals surface area contributed by atoms with Crippen molar-refractivity contribution in [3.63, 3.8) is 0 Å². The van der Waals surface area contributed by atoms with Crippen LogP contribution in [0.1, 0.15) is 62.2 Å². The van der Waals surface area contributed by atoms with E-state index in [9.17, 15) is 9.59 Å². The first kappa shape index (κ1) is 19.5. The maximum absolute atomic E-state index is 12.3. The lowest BCUT2D eigenvalue weighted by molar-refractivity contribution is -0.123. The summed E-state index contributed by atoms with van der Waals surface area (Å²) in [7, 11) is 1.54. The fourth-order valence-electron chi connectivity index (χ4n) is 4.37. The van der Waals surface area contributed by atoms with Crippen molar-refractivity contribution >= 4 is 11.8 Å². The van der Waals surface area contributed by atoms with Crippen LogP contribution in [0.2, 0.25) is 0 Å². The van der Waals surface area contributed by atoms with Crippen LogP contribution >= 0.6 is 0 Å². The van der Waals surface area contributed by atoms with Crippen LogP contribution in [0, 0.1) is 17.8 Å². The van der Waals surface area contributed by atoms with Gasteiger partial charge in [0.05, 0.1) is 13.7 Å². The molecule has 0 aromatic heterocycles. The molecule has 0 aliphatic heterocycles. The zero-order valence-corrected chi connectivity index (χ0v) is 16.3. The number of ether oxygens (including phenoxy) is 2. The Morgan fingerprint density at radius 1 is 1.15 bits per heavy atom. The molecule has 0 heterocycles. The minimum atomic E-state index is -0.366. The number of hydrazine groups is 1. The molecule has 2 saturated carbocycles. The van der Waals surface area contributed by atoms with Crippen molar-refractivity contribution in [3.8, 4) is 11.5 Å². The molecule has 27 heavy (non-hydrogen) atoms. The Bertz CT molecular complexity index is 676. The maximum atomic E-state index is 12.3. The van der Waals surface area contributed by atoms with Gasteiger partial charge in [-0.05, 0) is 61.6 Å². The summed E-state index contributed by atoms with van der Waals surface area (Å²) in [6.45, 7) is 2.71. The minimum Gasteiger partial charge on any atom is -0.493 e. The molecule has 3 rings (SSSR count). The topological polar surface area (TPSA) is 76.7 Å². The monoisotopic (exact) mass is 374 g/mol. The van der Waals surface area contributed by atoms with Gasteiger partial charge in [0.15, 0.2) is 11.5 Å². The van der Waals surface area contributed by atoms with E-state index in [1.54, 1.807) is 25.3 Å². The summed E-state index contributed by atoms with van der Waals surface area (Å²) in [5, 5.41) is 0. The van der Waals surface area contributed by atoms with E-state index < -0.39 is 0 Å². The number of hydrogen-bond acceptors (Lipinski definition) is 4. The lowest BCUT2D eigenvalue weighted by Crippen LogP contribution is -2.42. The molecule has 6 heteroatoms. The predicted octanol–water partition coefficient (Wildman–Crippen LogP) is 3.46. The molecule has 148 valence electrons. The van der Waals surface area contributed by atoms with Crippen LogP contribution in [0.15, 0.2) is 18.2 Å². The van der Waals surface area contributed by atoms with Gasteiger partial charge in [-0.3, -0.25) is 20.4 Å². The van der Waals surface area contributed by atoms with Gasteiger partial charge < -0.3 is 9.47 Å². The van der Waals surface area contributed by atoms with E-state index >= 15 is 0 Å². The second-order valence-electron chi connectivity index (χ2n) is 7.71. The lowest BCUT2D eigenvalue weighted by atomic mass is 9.86. The first-order chi connectivity index (χ1) is 13.1. The second-order valence-corrected chi connectivity index (χ2v) is 7.71. The molecule has 2 N–H and O–H groups in total. The van der Waals surface area contributed by atoms with Gasteiger partial charge in [-0.2, -0.15) is 0 Å². The number of methoxy groups -OCH3 is 1. The molecule has 1 aromatic carbocycles. The molecule has 2 aliphatic carbocycles. The third kappa shape index (κ3) is 4.93. The number of benzene rings is 1. The first-order valence-electron chi connectivity index (χ1n) is 10.0. The standard InChI is InChI=1S/C21H30N2O4/c1-3-4-9-27-18-8-7-16(12-19(18)26-2)21(25)23-22-20(24)13-17-11-14-5-6-15(17)10-14/h7-8,12,14-15,17H,3-6,9-11,13H2,1-2H3,(H,22,24)(H,23,25)/t14-,15-,17-/m1/s1. The zero-order valence-electron chi connectivity index (χ0n) is 16.3. The van der Waals surface area contributed by atoms with E-state index in [0.29, 0.717) is 41.9 Å². The summed E-state index contributed by atoms with van der Waals surface area (Å²) >= 11 is 0. The third-order valence-corrected chi connectivity index (χ3v) is 5.83. The van der Waals surface area contributed by atoms with Crippen molar-refractivity contribution in [1.29, 1.82) is 0 Å². The number of amides is 2. The number of carbonyl (C=O) groups is 2. The molecule has 3 atom stereocenters. The predicted molar refractivity (Wildman–Crippen MR) is 103 cm³/mol. The summed E-state index contributed by atoms with van der Waals surface area (Å²) in [5.41, 5.74) is 5.47. The third-order valence-electron chi connectivity index (χ3n) is 5.83. The summed E-state index contributed by atoms with van der Waals surface area (Å²) in [5.74, 6) is 2.62. The molecule has 0 saturated heterocycles. The van der Waals surface area contributed by atoms with Crippen molar-refractivity contribution < 1.29 is 19.1 Å². The fraction of sp³-hybridized carbons (Fsp3) is 0.619. The summed E-state index contributed by atoms with van der Waals surface area (Å²) < 4.78 is 11.0. The quantitative estimate of drug-likeness (QED) is 0.540. The Hall–Kier alpha value is -2.24. The molecule has 6 nitrogen and oxygen atoms in total. The molecule has 2 bridgehead atoms. The smallest absolute Gasteiger partial charge is 0.269 e. The van der Waals surface area contributed by atoms with E-state index in [0.717, 1.165) is 25.2 Å². The van der Waals surface area contributed by atoms with Crippen LogP contribution in [0.5, 0.6) is 11.5 Å². The van der Waals surface area contributed by atoms with E-state index in [-0.39, 0.29) is 11.8 Å². The lowest BCUT2D eigenvalue weighted by Gasteiger charge is -2.21. The van der Waals surface area contributed by atoms with Gasteiger partial charge in [-0.15, -0.1) is 0 Å². The summed E-state index contributed by atoms with van der Waals surface area (Å²) in [4.78, 5) is 24.5. The second kappa shape index (κ2) is 9.11. The number of nitrogens with one attached hydrogen (secondary N) is 2. The Kier molecular flexibility index (Phi) is 6.58. The van der Waals surface area contributed by atoms with Crippen molar-refractivity contribution in [2.45, 2.75) is 51.9 Å². The van der Waals surface area contributed by atoms with Crippen molar-refractivity contribution in [2.24, 2.45) is 17.8 Å². The Morgan fingerprint density at radius 3 is 2.67 bits per heavy atom. The fourth-order valence-corrected chi connectivity index (χ4v) is 4.37. The van der Waals surface area contributed by atoms with Crippen LogP contribution in [0.25, 0.3) is 0 Å². The van der Waals surface area contributed by atoms with Crippen molar-refractivity contribution in [1.82, 2.24) is 10.9 Å². The van der Waals surface area contributed by atoms with Gasteiger partial charge in [0, 0.05) is 12.0 Å². The highest BCUT2D eigenvalue weighted by molar-refractivity contribution is 5.96. The van der Waals surface area contributed by atoms with Gasteiger partial charge in [-0.25, -0.2) is 0 Å². The average Bonchev–Trinajstić information content (AvgIpc) is 3.29. The van der Waals surface area contributed by atoms with E-state index in [1.807, 2.05) is 0 Å². The van der Waals surface area contributed by atoms with Gasteiger partial charge in [0.1, 0.15) is 0 Å². The van der Waals surface area contributed by atoms with Gasteiger partial charge in [-0.1, -0.05) is 19.8 Å². The average molecular weight is 374 g/mol. The minimum absolute atomic E-state index is 0.118. The van der Waals surface area contributed by atoms with Crippen LogP contribution < -0.4 is 20.3 Å². The van der Waals surface area contributed by atoms with Crippen LogP contribution in [0.3, 0.4) is 0 Å². The summed E-state index contributed by atoms with van der Waals surface area (Å²) in [6.07, 6.45) is 7.50. The molecule has 2 fully saturated rings. The SMILES string of the molecule is CCCCOc1ccc(C(=O)NNC(=O)C[C@H]2C[C@@H]3CC[C@@H]2C3)cc1OC. The molecule has 2 amide bonds. The normalized spacial score (nSPS) is 23.1. The molecule has 1 aromatic rings. The molecular formula is C21H30N2O4. The van der Waals surface area contributed by atoms with Crippen LogP contribution in [0.4, 0.5) is 0 Å². The van der Waals surface area contributed by atoms with Crippen molar-refractivity contribution in [2.75, 3.05) is 13.7 Å². The molecule has 0 spiro atoms. The Balaban J connectivity index is 1.49. The Morgan fingerprint density at radius 2 is 2.00 bits per heavy atom. The zero-order chi connectivity index (χ0) is 19.2. The van der Waals surface area contributed by atoms with E-state index in [4.69, 9.17) is 9.47 Å². The van der Waals surface area contributed by atoms with Gasteiger partial charge in [0.25, 0.3) is 5.91 Å². The molecule has 0 unspecified atom stereocenters. The van der Waals surface area contributed by atoms with Gasteiger partial charge in [0.2, 0.25) is 5.91 Å². The highest BCUT2D eigenvalue weighted by Gasteiger charge is 2.40. The molecule has 2 aliphatic rings. The number of unbranched alkanes of at least 4 members (excludes halogenated alkanes) is 1. The number of rotatable bonds is 8. The Labute approximate surface area is 161 Å². The highest BCUT2D eigenvalue weighted by atomic mass is 16.5. The van der Waals surface area contributed by atoms with E-state index in [2.05, 4.69) is 17.8 Å². The maximum Gasteiger partial charge on any atom is 0.269 e. The van der Waals surface area contributed by atoms with Crippen LogP contribution in [-0.4, -0.2) is 25.5 Å². The highest BCUT2D eigenvalue weighted by Crippen LogP contribution is 2.49. The number of hydrogen-bond donors (Lipinski definition) is 2. The molecular weight excluding hydrogens is 344 g/mol. The van der Waals surface area contributed by atoms with Gasteiger partial charge >= 0.3 is 0 Å². The largest absolute Gasteiger partial charge is 0.493 e. The van der Waals surface area contributed by atoms with E-state index in [1.165, 1.54) is 19.3 Å². The number of carbonyl (C=O) groups excluding carboxylic acids is 2. The molecule has 0 radical (unpaired) electrons. The van der Waals surface area contributed by atoms with Crippen LogP contribution in [-0.2, 0) is 4.79 Å². The first-order valence-corrected chi connectivity index (χ1v) is 10.0. The number of fused-ring (bicyclic) bond motifs is 2.